The van der Waals surface area contributed by atoms with Crippen LogP contribution in [-0.2, 0) is 4.79 Å². The van der Waals surface area contributed by atoms with Gasteiger partial charge in [-0.15, -0.1) is 0 Å². The summed E-state index contributed by atoms with van der Waals surface area (Å²) in [6.07, 6.45) is 4.56. The van der Waals surface area contributed by atoms with Crippen molar-refractivity contribution in [2.45, 2.75) is 39.5 Å². The summed E-state index contributed by atoms with van der Waals surface area (Å²) in [7, 11) is 0. The molecule has 2 aromatic rings. The highest BCUT2D eigenvalue weighted by Crippen LogP contribution is 2.50. The molecule has 146 valence electrons. The third-order valence-corrected chi connectivity index (χ3v) is 5.66. The van der Waals surface area contributed by atoms with Gasteiger partial charge in [0.1, 0.15) is 5.82 Å². The van der Waals surface area contributed by atoms with Gasteiger partial charge in [0, 0.05) is 35.8 Å². The van der Waals surface area contributed by atoms with Gasteiger partial charge in [0.15, 0.2) is 5.78 Å². The molecule has 0 bridgehead atoms. The monoisotopic (exact) mass is 384 g/mol. The Hall–Kier alpha value is -3.39. The Morgan fingerprint density at radius 3 is 2.69 bits per heavy atom. The van der Waals surface area contributed by atoms with E-state index >= 15 is 0 Å². The van der Waals surface area contributed by atoms with E-state index in [0.29, 0.717) is 29.8 Å². The molecule has 0 saturated carbocycles. The van der Waals surface area contributed by atoms with E-state index in [0.717, 1.165) is 22.5 Å². The zero-order chi connectivity index (χ0) is 20.8. The normalized spacial score (nSPS) is 21.1. The van der Waals surface area contributed by atoms with E-state index in [1.165, 1.54) is 0 Å². The van der Waals surface area contributed by atoms with Gasteiger partial charge in [0.25, 0.3) is 0 Å². The maximum atomic E-state index is 13.4. The average molecular weight is 384 g/mol. The van der Waals surface area contributed by atoms with Gasteiger partial charge in [0.05, 0.1) is 17.6 Å². The highest BCUT2D eigenvalue weighted by atomic mass is 16.1. The number of nitrogens with two attached hydrogens (primary N) is 1. The number of carbonyl (C=O) groups excluding carboxylic acids is 1. The summed E-state index contributed by atoms with van der Waals surface area (Å²) in [6, 6.07) is 14.0. The van der Waals surface area contributed by atoms with E-state index < -0.39 is 5.92 Å². The molecule has 1 aliphatic carbocycles. The number of aromatic nitrogens is 1. The lowest BCUT2D eigenvalue weighted by Gasteiger charge is -2.43. The first-order chi connectivity index (χ1) is 13.8. The number of anilines is 1. The second-order valence-corrected chi connectivity index (χ2v) is 8.61. The second-order valence-electron chi connectivity index (χ2n) is 8.61. The predicted octanol–water partition coefficient (Wildman–Crippen LogP) is 4.33. The summed E-state index contributed by atoms with van der Waals surface area (Å²) in [5.41, 5.74) is 11.2. The Kier molecular flexibility index (Phi) is 4.50. The van der Waals surface area contributed by atoms with Crippen molar-refractivity contribution in [1.82, 2.24) is 4.98 Å². The van der Waals surface area contributed by atoms with E-state index in [-0.39, 0.29) is 11.2 Å². The highest BCUT2D eigenvalue weighted by molar-refractivity contribution is 6.01. The van der Waals surface area contributed by atoms with Crippen molar-refractivity contribution in [3.05, 3.63) is 82.6 Å². The van der Waals surface area contributed by atoms with Crippen molar-refractivity contribution in [3.63, 3.8) is 0 Å². The van der Waals surface area contributed by atoms with Crippen LogP contribution in [0.5, 0.6) is 0 Å². The summed E-state index contributed by atoms with van der Waals surface area (Å²) >= 11 is 0. The van der Waals surface area contributed by atoms with Crippen LogP contribution in [0.25, 0.3) is 0 Å². The quantitative estimate of drug-likeness (QED) is 0.833. The number of rotatable bonds is 2. The molecular weight excluding hydrogens is 360 g/mol. The molecule has 0 radical (unpaired) electrons. The molecule has 0 fully saturated rings. The number of nitriles is 1. The SMILES string of the molecule is Cc1cccc(N2C(N)=C(C#N)[C@H](c3cccnc3)C3=C2CC(C)(C)CC3=O)c1. The van der Waals surface area contributed by atoms with E-state index in [1.807, 2.05) is 48.2 Å². The van der Waals surface area contributed by atoms with Crippen molar-refractivity contribution < 1.29 is 4.79 Å². The van der Waals surface area contributed by atoms with Gasteiger partial charge < -0.3 is 5.73 Å². The minimum Gasteiger partial charge on any atom is -0.384 e. The van der Waals surface area contributed by atoms with Gasteiger partial charge in [-0.25, -0.2) is 0 Å². The zero-order valence-electron chi connectivity index (χ0n) is 16.9. The van der Waals surface area contributed by atoms with E-state index in [9.17, 15) is 10.1 Å². The first kappa shape index (κ1) is 18.9. The fourth-order valence-electron chi connectivity index (χ4n) is 4.45. The number of benzene rings is 1. The second kappa shape index (κ2) is 6.89. The van der Waals surface area contributed by atoms with Gasteiger partial charge in [-0.2, -0.15) is 5.26 Å². The smallest absolute Gasteiger partial charge is 0.162 e. The van der Waals surface area contributed by atoms with Crippen LogP contribution in [0.4, 0.5) is 5.69 Å². The molecule has 5 nitrogen and oxygen atoms in total. The minimum atomic E-state index is -0.478. The number of hydrogen-bond acceptors (Lipinski definition) is 5. The molecule has 1 atom stereocenters. The van der Waals surface area contributed by atoms with Crippen LogP contribution in [0.15, 0.2) is 71.5 Å². The van der Waals surface area contributed by atoms with Crippen molar-refractivity contribution >= 4 is 11.5 Å². The van der Waals surface area contributed by atoms with Crippen molar-refractivity contribution in [2.75, 3.05) is 4.90 Å². The molecule has 0 spiro atoms. The Labute approximate surface area is 171 Å². The lowest BCUT2D eigenvalue weighted by Crippen LogP contribution is -2.42. The molecule has 1 aromatic carbocycles. The molecule has 1 aromatic heterocycles. The third kappa shape index (κ3) is 3.21. The summed E-state index contributed by atoms with van der Waals surface area (Å²) in [5, 5.41) is 10.0. The summed E-state index contributed by atoms with van der Waals surface area (Å²) < 4.78 is 0. The molecule has 0 unspecified atom stereocenters. The van der Waals surface area contributed by atoms with Crippen molar-refractivity contribution in [2.24, 2.45) is 11.1 Å². The van der Waals surface area contributed by atoms with Crippen molar-refractivity contribution in [1.29, 1.82) is 5.26 Å². The van der Waals surface area contributed by atoms with Crippen LogP contribution >= 0.6 is 0 Å². The van der Waals surface area contributed by atoms with Crippen LogP contribution in [0.2, 0.25) is 0 Å². The lowest BCUT2D eigenvalue weighted by atomic mass is 9.68. The van der Waals surface area contributed by atoms with Gasteiger partial charge in [-0.3, -0.25) is 14.7 Å². The number of hydrogen-bond donors (Lipinski definition) is 1. The Bertz CT molecular complexity index is 1090. The first-order valence-electron chi connectivity index (χ1n) is 9.75. The maximum Gasteiger partial charge on any atom is 0.162 e. The number of nitrogens with zero attached hydrogens (tertiary/aromatic N) is 3. The maximum absolute atomic E-state index is 13.4. The average Bonchev–Trinajstić information content (AvgIpc) is 2.67. The van der Waals surface area contributed by atoms with Gasteiger partial charge >= 0.3 is 0 Å². The summed E-state index contributed by atoms with van der Waals surface area (Å²) in [6.45, 7) is 6.21. The topological polar surface area (TPSA) is 83.0 Å². The molecule has 5 heteroatoms. The fourth-order valence-corrected chi connectivity index (χ4v) is 4.45. The molecule has 0 saturated heterocycles. The van der Waals surface area contributed by atoms with Crippen LogP contribution in [0.3, 0.4) is 0 Å². The van der Waals surface area contributed by atoms with Crippen LogP contribution in [0, 0.1) is 23.7 Å². The number of Topliss-reactive ketones (excluding diaryl/α,β-unsaturated/α-hetero) is 1. The highest BCUT2D eigenvalue weighted by Gasteiger charge is 2.44. The first-order valence-corrected chi connectivity index (χ1v) is 9.75. The lowest BCUT2D eigenvalue weighted by molar-refractivity contribution is -0.118. The predicted molar refractivity (Wildman–Crippen MR) is 113 cm³/mol. The molecule has 1 aliphatic heterocycles. The zero-order valence-corrected chi connectivity index (χ0v) is 16.9. The number of ketones is 1. The van der Waals surface area contributed by atoms with Gasteiger partial charge in [-0.05, 0) is 48.1 Å². The summed E-state index contributed by atoms with van der Waals surface area (Å²) in [4.78, 5) is 19.5. The van der Waals surface area contributed by atoms with Crippen LogP contribution in [0.1, 0.15) is 43.7 Å². The molecule has 29 heavy (non-hydrogen) atoms. The number of carbonyl (C=O) groups is 1. The molecule has 4 rings (SSSR count). The fraction of sp³-hybridized carbons (Fsp3) is 0.292. The van der Waals surface area contributed by atoms with E-state index in [2.05, 4.69) is 24.9 Å². The number of pyridine rings is 1. The number of allylic oxidation sites excluding steroid dienone is 3. The van der Waals surface area contributed by atoms with Crippen LogP contribution in [-0.4, -0.2) is 10.8 Å². The summed E-state index contributed by atoms with van der Waals surface area (Å²) in [5.74, 6) is -0.0208. The molecule has 0 amide bonds. The van der Waals surface area contributed by atoms with Crippen LogP contribution < -0.4 is 10.6 Å². The van der Waals surface area contributed by atoms with Crippen molar-refractivity contribution in [3.8, 4) is 6.07 Å². The Morgan fingerprint density at radius 2 is 2.03 bits per heavy atom. The Morgan fingerprint density at radius 1 is 1.24 bits per heavy atom. The Balaban J connectivity index is 2.01. The van der Waals surface area contributed by atoms with E-state index in [1.54, 1.807) is 12.4 Å². The molecule has 2 heterocycles. The van der Waals surface area contributed by atoms with Gasteiger partial charge in [-0.1, -0.05) is 32.0 Å². The largest absolute Gasteiger partial charge is 0.384 e. The molecular formula is C24H24N4O. The van der Waals surface area contributed by atoms with E-state index in [4.69, 9.17) is 5.73 Å². The van der Waals surface area contributed by atoms with Gasteiger partial charge in [0.2, 0.25) is 0 Å². The third-order valence-electron chi connectivity index (χ3n) is 5.66. The minimum absolute atomic E-state index is 0.0722. The number of aryl methyl sites for hydroxylation is 1. The molecule has 2 aliphatic rings. The standard InChI is InChI=1S/C24H24N4O/c1-15-6-4-8-17(10-15)28-19-11-24(2,3)12-20(29)22(19)21(18(13-25)23(28)26)16-7-5-9-27-14-16/h4-10,14,21H,11-12,26H2,1-3H3/t21-/m0/s1. The molecule has 2 N–H and O–H groups in total.